The van der Waals surface area contributed by atoms with Gasteiger partial charge < -0.3 is 10.6 Å². The summed E-state index contributed by atoms with van der Waals surface area (Å²) in [6, 6.07) is 8.56. The van der Waals surface area contributed by atoms with Crippen LogP contribution in [-0.4, -0.2) is 36.9 Å². The molecule has 3 rings (SSSR count). The van der Waals surface area contributed by atoms with Gasteiger partial charge >= 0.3 is 0 Å². The Balaban J connectivity index is 1.61. The summed E-state index contributed by atoms with van der Waals surface area (Å²) in [5.74, 6) is -0.301. The van der Waals surface area contributed by atoms with E-state index in [0.29, 0.717) is 17.9 Å². The van der Waals surface area contributed by atoms with Crippen molar-refractivity contribution in [1.82, 2.24) is 4.98 Å². The Hall–Kier alpha value is -2.48. The Bertz CT molecular complexity index is 853. The average Bonchev–Trinajstić information content (AvgIpc) is 2.88. The fourth-order valence-electron chi connectivity index (χ4n) is 2.52. The van der Waals surface area contributed by atoms with Gasteiger partial charge in [-0.25, -0.2) is 17.8 Å². The van der Waals surface area contributed by atoms with E-state index in [1.165, 1.54) is 24.4 Å². The highest BCUT2D eigenvalue weighted by Crippen LogP contribution is 2.18. The van der Waals surface area contributed by atoms with Crippen LogP contribution >= 0.6 is 0 Å². The molecular weight excluding hydrogens is 333 g/mol. The van der Waals surface area contributed by atoms with Crippen LogP contribution in [0.1, 0.15) is 16.8 Å². The molecule has 0 radical (unpaired) electrons. The molecule has 1 aliphatic heterocycles. The number of aromatic nitrogens is 1. The molecule has 0 bridgehead atoms. The number of carbonyl (C=O) groups is 1. The second-order valence-corrected chi connectivity index (χ2v) is 7.87. The van der Waals surface area contributed by atoms with Crippen molar-refractivity contribution in [3.8, 4) is 0 Å². The van der Waals surface area contributed by atoms with Crippen LogP contribution in [0.3, 0.4) is 0 Å². The van der Waals surface area contributed by atoms with Crippen molar-refractivity contribution < 1.29 is 17.6 Å². The molecule has 1 aromatic carbocycles. The van der Waals surface area contributed by atoms with Gasteiger partial charge in [0.15, 0.2) is 9.84 Å². The van der Waals surface area contributed by atoms with E-state index < -0.39 is 21.6 Å². The van der Waals surface area contributed by atoms with Gasteiger partial charge in [-0.05, 0) is 36.8 Å². The van der Waals surface area contributed by atoms with E-state index in [0.717, 1.165) is 6.07 Å². The SMILES string of the molecule is O=C(Nc1ccc(NC2CCS(=O)(=O)C2)cn1)c1cccc(F)c1. The molecule has 1 unspecified atom stereocenters. The number of hydrogen-bond donors (Lipinski definition) is 2. The summed E-state index contributed by atoms with van der Waals surface area (Å²) in [7, 11) is -2.94. The lowest BCUT2D eigenvalue weighted by molar-refractivity contribution is 0.102. The van der Waals surface area contributed by atoms with Gasteiger partial charge in [-0.2, -0.15) is 0 Å². The summed E-state index contributed by atoms with van der Waals surface area (Å²) in [5, 5.41) is 5.69. The highest BCUT2D eigenvalue weighted by molar-refractivity contribution is 7.91. The van der Waals surface area contributed by atoms with E-state index in [9.17, 15) is 17.6 Å². The Kier molecular flexibility index (Phi) is 4.48. The topological polar surface area (TPSA) is 88.2 Å². The highest BCUT2D eigenvalue weighted by atomic mass is 32.2. The lowest BCUT2D eigenvalue weighted by atomic mass is 10.2. The maximum absolute atomic E-state index is 13.1. The number of rotatable bonds is 4. The van der Waals surface area contributed by atoms with Gasteiger partial charge in [-0.1, -0.05) is 6.07 Å². The van der Waals surface area contributed by atoms with Crippen LogP contribution < -0.4 is 10.6 Å². The first kappa shape index (κ1) is 16.4. The summed E-state index contributed by atoms with van der Waals surface area (Å²) in [4.78, 5) is 16.1. The summed E-state index contributed by atoms with van der Waals surface area (Å²) in [6.07, 6.45) is 2.09. The van der Waals surface area contributed by atoms with Crippen LogP contribution in [0.4, 0.5) is 15.9 Å². The Morgan fingerprint density at radius 1 is 1.25 bits per heavy atom. The van der Waals surface area contributed by atoms with Gasteiger partial charge in [-0.15, -0.1) is 0 Å². The molecule has 24 heavy (non-hydrogen) atoms. The van der Waals surface area contributed by atoms with E-state index in [-0.39, 0.29) is 23.1 Å². The fraction of sp³-hybridized carbons (Fsp3) is 0.250. The molecule has 1 fully saturated rings. The summed E-state index contributed by atoms with van der Waals surface area (Å²) >= 11 is 0. The first-order valence-electron chi connectivity index (χ1n) is 7.41. The maximum Gasteiger partial charge on any atom is 0.256 e. The minimum atomic E-state index is -2.94. The smallest absolute Gasteiger partial charge is 0.256 e. The predicted octanol–water partition coefficient (Wildman–Crippen LogP) is 2.07. The average molecular weight is 349 g/mol. The number of sulfone groups is 1. The summed E-state index contributed by atoms with van der Waals surface area (Å²) in [6.45, 7) is 0. The molecule has 126 valence electrons. The molecule has 1 saturated heterocycles. The molecule has 0 aliphatic carbocycles. The molecule has 2 heterocycles. The summed E-state index contributed by atoms with van der Waals surface area (Å²) < 4.78 is 36.0. The minimum absolute atomic E-state index is 0.116. The molecule has 8 heteroatoms. The quantitative estimate of drug-likeness (QED) is 0.882. The zero-order valence-electron chi connectivity index (χ0n) is 12.7. The number of nitrogens with one attached hydrogen (secondary N) is 2. The molecule has 0 saturated carbocycles. The van der Waals surface area contributed by atoms with E-state index in [4.69, 9.17) is 0 Å². The molecule has 1 atom stereocenters. The first-order valence-corrected chi connectivity index (χ1v) is 9.23. The first-order chi connectivity index (χ1) is 11.4. The van der Waals surface area contributed by atoms with Gasteiger partial charge in [-0.3, -0.25) is 4.79 Å². The van der Waals surface area contributed by atoms with Gasteiger partial charge in [0.1, 0.15) is 11.6 Å². The largest absolute Gasteiger partial charge is 0.380 e. The van der Waals surface area contributed by atoms with E-state index >= 15 is 0 Å². The monoisotopic (exact) mass is 349 g/mol. The van der Waals surface area contributed by atoms with Gasteiger partial charge in [0, 0.05) is 11.6 Å². The number of amides is 1. The van der Waals surface area contributed by atoms with Gasteiger partial charge in [0.05, 0.1) is 23.4 Å². The molecule has 2 N–H and O–H groups in total. The normalized spacial score (nSPS) is 19.0. The Morgan fingerprint density at radius 3 is 2.71 bits per heavy atom. The van der Waals surface area contributed by atoms with Crippen LogP contribution in [0.15, 0.2) is 42.6 Å². The van der Waals surface area contributed by atoms with Crippen molar-refractivity contribution in [2.45, 2.75) is 12.5 Å². The van der Waals surface area contributed by atoms with E-state index in [1.54, 1.807) is 12.1 Å². The number of pyridine rings is 1. The third kappa shape index (κ3) is 4.08. The molecule has 0 spiro atoms. The van der Waals surface area contributed by atoms with Crippen molar-refractivity contribution in [3.05, 3.63) is 54.0 Å². The highest BCUT2D eigenvalue weighted by Gasteiger charge is 2.27. The van der Waals surface area contributed by atoms with E-state index in [1.807, 2.05) is 0 Å². The van der Waals surface area contributed by atoms with Crippen molar-refractivity contribution in [3.63, 3.8) is 0 Å². The number of nitrogens with zero attached hydrogens (tertiary/aromatic N) is 1. The number of anilines is 2. The predicted molar refractivity (Wildman–Crippen MR) is 89.3 cm³/mol. The molecular formula is C16H16FN3O3S. The van der Waals surface area contributed by atoms with Crippen LogP contribution in [0.5, 0.6) is 0 Å². The molecule has 1 aromatic heterocycles. The van der Waals surface area contributed by atoms with Crippen LogP contribution in [0, 0.1) is 5.82 Å². The number of benzene rings is 1. The molecule has 6 nitrogen and oxygen atoms in total. The number of carbonyl (C=O) groups excluding carboxylic acids is 1. The second-order valence-electron chi connectivity index (χ2n) is 5.64. The minimum Gasteiger partial charge on any atom is -0.380 e. The maximum atomic E-state index is 13.1. The Labute approximate surface area is 139 Å². The second kappa shape index (κ2) is 6.56. The standard InChI is InChI=1S/C16H16FN3O3S/c17-12-3-1-2-11(8-12)16(21)20-15-5-4-13(9-18-15)19-14-6-7-24(22,23)10-14/h1-5,8-9,14,19H,6-7,10H2,(H,18,20,21). The van der Waals surface area contributed by atoms with Crippen molar-refractivity contribution in [2.24, 2.45) is 0 Å². The van der Waals surface area contributed by atoms with Crippen LogP contribution in [0.2, 0.25) is 0 Å². The third-order valence-electron chi connectivity index (χ3n) is 3.70. The fourth-order valence-corrected chi connectivity index (χ4v) is 4.19. The van der Waals surface area contributed by atoms with Gasteiger partial charge in [0.2, 0.25) is 0 Å². The van der Waals surface area contributed by atoms with Crippen molar-refractivity contribution in [2.75, 3.05) is 22.1 Å². The lowest BCUT2D eigenvalue weighted by Crippen LogP contribution is -2.20. The number of hydrogen-bond acceptors (Lipinski definition) is 5. The van der Waals surface area contributed by atoms with Crippen molar-refractivity contribution in [1.29, 1.82) is 0 Å². The number of halogens is 1. The zero-order valence-corrected chi connectivity index (χ0v) is 13.5. The van der Waals surface area contributed by atoms with Crippen molar-refractivity contribution >= 4 is 27.2 Å². The lowest BCUT2D eigenvalue weighted by Gasteiger charge is -2.12. The van der Waals surface area contributed by atoms with Gasteiger partial charge in [0.25, 0.3) is 5.91 Å². The summed E-state index contributed by atoms with van der Waals surface area (Å²) in [5.41, 5.74) is 0.885. The van der Waals surface area contributed by atoms with E-state index in [2.05, 4.69) is 15.6 Å². The molecule has 2 aromatic rings. The third-order valence-corrected chi connectivity index (χ3v) is 5.46. The Morgan fingerprint density at radius 2 is 2.08 bits per heavy atom. The zero-order chi connectivity index (χ0) is 17.2. The van der Waals surface area contributed by atoms with Crippen LogP contribution in [0.25, 0.3) is 0 Å². The van der Waals surface area contributed by atoms with Crippen LogP contribution in [-0.2, 0) is 9.84 Å². The molecule has 1 amide bonds. The molecule has 1 aliphatic rings.